The van der Waals surface area contributed by atoms with Crippen LogP contribution in [-0.4, -0.2) is 0 Å². The highest BCUT2D eigenvalue weighted by molar-refractivity contribution is 6.17. The molecule has 1 fully saturated rings. The summed E-state index contributed by atoms with van der Waals surface area (Å²) in [6.07, 6.45) is 2.01. The van der Waals surface area contributed by atoms with Crippen LogP contribution in [0.15, 0.2) is 24.3 Å². The molecule has 1 aromatic rings. The lowest BCUT2D eigenvalue weighted by Crippen LogP contribution is -2.01. The number of nitrogens with zero attached hydrogens (tertiary/aromatic N) is 1. The summed E-state index contributed by atoms with van der Waals surface area (Å²) in [6, 6.07) is 10.4. The van der Waals surface area contributed by atoms with Crippen LogP contribution in [0.4, 0.5) is 0 Å². The average Bonchev–Trinajstić information content (AvgIpc) is 2.99. The van der Waals surface area contributed by atoms with Crippen molar-refractivity contribution < 1.29 is 0 Å². The molecule has 2 heteroatoms. The van der Waals surface area contributed by atoms with E-state index in [9.17, 15) is 0 Å². The molecule has 2 rings (SSSR count). The minimum Gasteiger partial charge on any atom is -0.197 e. The van der Waals surface area contributed by atoms with Gasteiger partial charge in [0, 0.05) is 5.88 Å². The van der Waals surface area contributed by atoms with Crippen molar-refractivity contribution in [3.63, 3.8) is 0 Å². The predicted molar refractivity (Wildman–Crippen MR) is 52.5 cm³/mol. The van der Waals surface area contributed by atoms with E-state index in [2.05, 4.69) is 6.07 Å². The summed E-state index contributed by atoms with van der Waals surface area (Å²) in [5.41, 5.74) is 2.09. The first-order chi connectivity index (χ1) is 6.30. The van der Waals surface area contributed by atoms with Gasteiger partial charge in [-0.25, -0.2) is 0 Å². The van der Waals surface area contributed by atoms with Gasteiger partial charge in [0.1, 0.15) is 0 Å². The molecule has 0 saturated heterocycles. The Kier molecular flexibility index (Phi) is 2.01. The first kappa shape index (κ1) is 8.59. The minimum absolute atomic E-state index is 0.162. The minimum atomic E-state index is -0.162. The van der Waals surface area contributed by atoms with Crippen molar-refractivity contribution in [2.24, 2.45) is 0 Å². The van der Waals surface area contributed by atoms with Gasteiger partial charge in [0.25, 0.3) is 0 Å². The normalized spacial score (nSPS) is 17.8. The van der Waals surface area contributed by atoms with Crippen molar-refractivity contribution >= 4 is 11.6 Å². The number of alkyl halides is 1. The summed E-state index contributed by atoms with van der Waals surface area (Å²) >= 11 is 5.68. The molecule has 66 valence electrons. The topological polar surface area (TPSA) is 23.8 Å². The smallest absolute Gasteiger partial charge is 0.0823 e. The molecule has 0 unspecified atom stereocenters. The highest BCUT2D eigenvalue weighted by Crippen LogP contribution is 2.47. The van der Waals surface area contributed by atoms with Crippen molar-refractivity contribution in [3.8, 4) is 6.07 Å². The number of nitriles is 1. The second-order valence-corrected chi connectivity index (χ2v) is 3.79. The summed E-state index contributed by atoms with van der Waals surface area (Å²) in [4.78, 5) is 0. The Morgan fingerprint density at radius 3 is 2.31 bits per heavy atom. The van der Waals surface area contributed by atoms with Crippen LogP contribution in [-0.2, 0) is 11.3 Å². The van der Waals surface area contributed by atoms with Crippen molar-refractivity contribution in [1.82, 2.24) is 0 Å². The van der Waals surface area contributed by atoms with E-state index in [1.165, 1.54) is 0 Å². The van der Waals surface area contributed by atoms with Crippen molar-refractivity contribution in [1.29, 1.82) is 5.26 Å². The second-order valence-electron chi connectivity index (χ2n) is 3.52. The van der Waals surface area contributed by atoms with Crippen molar-refractivity contribution in [3.05, 3.63) is 35.4 Å². The Bertz CT molecular complexity index is 343. The lowest BCUT2D eigenvalue weighted by Gasteiger charge is -2.05. The van der Waals surface area contributed by atoms with Crippen LogP contribution >= 0.6 is 11.6 Å². The molecule has 0 aliphatic heterocycles. The Labute approximate surface area is 82.9 Å². The molecule has 13 heavy (non-hydrogen) atoms. The van der Waals surface area contributed by atoms with E-state index >= 15 is 0 Å². The maximum atomic E-state index is 8.96. The molecule has 0 amide bonds. The maximum Gasteiger partial charge on any atom is 0.0823 e. The molecular formula is C11H10ClN. The Morgan fingerprint density at radius 1 is 1.31 bits per heavy atom. The van der Waals surface area contributed by atoms with E-state index < -0.39 is 0 Å². The summed E-state index contributed by atoms with van der Waals surface area (Å²) in [6.45, 7) is 0. The zero-order valence-electron chi connectivity index (χ0n) is 7.26. The van der Waals surface area contributed by atoms with Gasteiger partial charge in [-0.2, -0.15) is 5.26 Å². The molecule has 1 saturated carbocycles. The largest absolute Gasteiger partial charge is 0.197 e. The first-order valence-electron chi connectivity index (χ1n) is 4.37. The van der Waals surface area contributed by atoms with Gasteiger partial charge >= 0.3 is 0 Å². The van der Waals surface area contributed by atoms with E-state index in [0.29, 0.717) is 5.88 Å². The van der Waals surface area contributed by atoms with E-state index in [4.69, 9.17) is 16.9 Å². The fraction of sp³-hybridized carbons (Fsp3) is 0.364. The maximum absolute atomic E-state index is 8.96. The van der Waals surface area contributed by atoms with Crippen LogP contribution in [0.2, 0.25) is 0 Å². The summed E-state index contributed by atoms with van der Waals surface area (Å²) in [5.74, 6) is 0.542. The van der Waals surface area contributed by atoms with Gasteiger partial charge < -0.3 is 0 Å². The number of benzene rings is 1. The lowest BCUT2D eigenvalue weighted by atomic mass is 9.97. The highest BCUT2D eigenvalue weighted by Gasteiger charge is 2.44. The number of hydrogen-bond acceptors (Lipinski definition) is 1. The van der Waals surface area contributed by atoms with Crippen LogP contribution in [0.3, 0.4) is 0 Å². The van der Waals surface area contributed by atoms with Gasteiger partial charge in [-0.15, -0.1) is 11.6 Å². The molecule has 0 N–H and O–H groups in total. The molecule has 1 aliphatic carbocycles. The molecule has 0 heterocycles. The third-order valence-electron chi connectivity index (χ3n) is 2.62. The molecule has 0 bridgehead atoms. The van der Waals surface area contributed by atoms with Crippen LogP contribution in [0.25, 0.3) is 0 Å². The van der Waals surface area contributed by atoms with Crippen molar-refractivity contribution in [2.45, 2.75) is 24.1 Å². The number of halogens is 1. The van der Waals surface area contributed by atoms with Crippen LogP contribution in [0.1, 0.15) is 24.0 Å². The first-order valence-corrected chi connectivity index (χ1v) is 4.91. The Morgan fingerprint density at radius 2 is 1.92 bits per heavy atom. The van der Waals surface area contributed by atoms with Crippen molar-refractivity contribution in [2.75, 3.05) is 0 Å². The summed E-state index contributed by atoms with van der Waals surface area (Å²) < 4.78 is 0. The zero-order valence-corrected chi connectivity index (χ0v) is 8.01. The molecule has 1 nitrogen and oxygen atoms in total. The summed E-state index contributed by atoms with van der Waals surface area (Å²) in [5, 5.41) is 8.96. The fourth-order valence-corrected chi connectivity index (χ4v) is 1.68. The molecule has 1 aliphatic rings. The van der Waals surface area contributed by atoms with E-state index in [1.807, 2.05) is 24.3 Å². The molecule has 0 spiro atoms. The average molecular weight is 192 g/mol. The highest BCUT2D eigenvalue weighted by atomic mass is 35.5. The van der Waals surface area contributed by atoms with Gasteiger partial charge in [-0.3, -0.25) is 0 Å². The standard InChI is InChI=1S/C11H10ClN/c12-7-9-1-3-10(4-2-9)11(8-13)5-6-11/h1-4H,5-7H2. The Balaban J connectivity index is 2.29. The quantitative estimate of drug-likeness (QED) is 0.660. The molecule has 1 aromatic carbocycles. The molecule has 0 radical (unpaired) electrons. The van der Waals surface area contributed by atoms with Gasteiger partial charge in [0.05, 0.1) is 11.5 Å². The van der Waals surface area contributed by atoms with Gasteiger partial charge in [-0.05, 0) is 24.0 Å². The monoisotopic (exact) mass is 191 g/mol. The van der Waals surface area contributed by atoms with E-state index in [0.717, 1.165) is 24.0 Å². The number of hydrogen-bond donors (Lipinski definition) is 0. The lowest BCUT2D eigenvalue weighted by molar-refractivity contribution is 0.907. The Hall–Kier alpha value is -1.00. The van der Waals surface area contributed by atoms with Crippen LogP contribution in [0.5, 0.6) is 0 Å². The van der Waals surface area contributed by atoms with Gasteiger partial charge in [-0.1, -0.05) is 24.3 Å². The van der Waals surface area contributed by atoms with Gasteiger partial charge in [0.15, 0.2) is 0 Å². The van der Waals surface area contributed by atoms with Gasteiger partial charge in [0.2, 0.25) is 0 Å². The van der Waals surface area contributed by atoms with Crippen LogP contribution < -0.4 is 0 Å². The third-order valence-corrected chi connectivity index (χ3v) is 2.93. The fourth-order valence-electron chi connectivity index (χ4n) is 1.50. The van der Waals surface area contributed by atoms with E-state index in [-0.39, 0.29) is 5.41 Å². The zero-order chi connectivity index (χ0) is 9.31. The summed E-state index contributed by atoms with van der Waals surface area (Å²) in [7, 11) is 0. The third kappa shape index (κ3) is 1.43. The van der Waals surface area contributed by atoms with E-state index in [1.54, 1.807) is 0 Å². The second kappa shape index (κ2) is 3.05. The predicted octanol–water partition coefficient (Wildman–Crippen LogP) is 2.98. The molecular weight excluding hydrogens is 182 g/mol. The molecule has 0 aromatic heterocycles. The SMILES string of the molecule is N#CC1(c2ccc(CCl)cc2)CC1. The number of rotatable bonds is 2. The molecule has 0 atom stereocenters. The van der Waals surface area contributed by atoms with Crippen LogP contribution in [0, 0.1) is 11.3 Å².